The summed E-state index contributed by atoms with van der Waals surface area (Å²) in [5.74, 6) is 0.638. The predicted octanol–water partition coefficient (Wildman–Crippen LogP) is 2.23. The molecule has 8 nitrogen and oxygen atoms in total. The van der Waals surface area contributed by atoms with Crippen LogP contribution in [-0.2, 0) is 21.3 Å². The maximum Gasteiger partial charge on any atom is 0.251 e. The van der Waals surface area contributed by atoms with Crippen molar-refractivity contribution in [2.45, 2.75) is 37.3 Å². The molecule has 2 aromatic carbocycles. The number of imidazole rings is 1. The maximum absolute atomic E-state index is 12.5. The fraction of sp³-hybridized carbons (Fsp3) is 0.364. The summed E-state index contributed by atoms with van der Waals surface area (Å²) in [5, 5.41) is 2.88. The molecule has 1 aliphatic rings. The third-order valence-electron chi connectivity index (χ3n) is 5.42. The van der Waals surface area contributed by atoms with Gasteiger partial charge in [0.15, 0.2) is 0 Å². The average Bonchev–Trinajstić information content (AvgIpc) is 3.40. The van der Waals surface area contributed by atoms with Crippen molar-refractivity contribution in [3.05, 3.63) is 59.9 Å². The van der Waals surface area contributed by atoms with Crippen LogP contribution in [0.1, 0.15) is 29.0 Å². The number of carbonyl (C=O) groups excluding carboxylic acids is 1. The van der Waals surface area contributed by atoms with Gasteiger partial charge < -0.3 is 14.6 Å². The molecule has 1 fully saturated rings. The SMILES string of the molecule is Cc1nc2ccccc2n1CCNC(=O)c1ccc(S(=O)(=O)NC[C@@H]2CCCO2)cc1. The first-order valence-electron chi connectivity index (χ1n) is 10.4. The van der Waals surface area contributed by atoms with Gasteiger partial charge in [0, 0.05) is 31.8 Å². The molecule has 0 unspecified atom stereocenters. The average molecular weight is 443 g/mol. The van der Waals surface area contributed by atoms with Gasteiger partial charge >= 0.3 is 0 Å². The Labute approximate surface area is 181 Å². The van der Waals surface area contributed by atoms with E-state index in [1.54, 1.807) is 0 Å². The molecule has 9 heteroatoms. The van der Waals surface area contributed by atoms with Crippen molar-refractivity contribution in [1.29, 1.82) is 0 Å². The van der Waals surface area contributed by atoms with E-state index in [4.69, 9.17) is 4.74 Å². The summed E-state index contributed by atoms with van der Waals surface area (Å²) >= 11 is 0. The topological polar surface area (TPSA) is 102 Å². The van der Waals surface area contributed by atoms with Crippen LogP contribution in [-0.4, -0.2) is 49.7 Å². The van der Waals surface area contributed by atoms with Gasteiger partial charge in [-0.15, -0.1) is 0 Å². The van der Waals surface area contributed by atoms with Gasteiger partial charge in [0.05, 0.1) is 22.0 Å². The van der Waals surface area contributed by atoms with Gasteiger partial charge in [0.25, 0.3) is 5.91 Å². The Morgan fingerprint density at radius 3 is 2.71 bits per heavy atom. The zero-order chi connectivity index (χ0) is 21.8. The lowest BCUT2D eigenvalue weighted by Crippen LogP contribution is -2.32. The third-order valence-corrected chi connectivity index (χ3v) is 6.86. The minimum atomic E-state index is -3.63. The number of benzene rings is 2. The van der Waals surface area contributed by atoms with Crippen LogP contribution in [0.15, 0.2) is 53.4 Å². The summed E-state index contributed by atoms with van der Waals surface area (Å²) in [7, 11) is -3.63. The molecule has 31 heavy (non-hydrogen) atoms. The molecule has 164 valence electrons. The van der Waals surface area contributed by atoms with Crippen LogP contribution in [0.2, 0.25) is 0 Å². The van der Waals surface area contributed by atoms with E-state index < -0.39 is 10.0 Å². The highest BCUT2D eigenvalue weighted by molar-refractivity contribution is 7.89. The first-order chi connectivity index (χ1) is 14.9. The van der Waals surface area contributed by atoms with Gasteiger partial charge in [-0.1, -0.05) is 12.1 Å². The summed E-state index contributed by atoms with van der Waals surface area (Å²) in [6.07, 6.45) is 1.74. The molecular formula is C22H26N4O4S. The highest BCUT2D eigenvalue weighted by atomic mass is 32.2. The van der Waals surface area contributed by atoms with Crippen LogP contribution in [0.5, 0.6) is 0 Å². The number of nitrogens with one attached hydrogen (secondary N) is 2. The van der Waals surface area contributed by atoms with Crippen LogP contribution in [0.3, 0.4) is 0 Å². The van der Waals surface area contributed by atoms with Crippen LogP contribution in [0.4, 0.5) is 0 Å². The lowest BCUT2D eigenvalue weighted by molar-refractivity contribution is 0.0952. The molecule has 2 heterocycles. The number of aryl methyl sites for hydroxylation is 1. The fourth-order valence-corrected chi connectivity index (χ4v) is 4.80. The van der Waals surface area contributed by atoms with Crippen LogP contribution in [0.25, 0.3) is 11.0 Å². The molecule has 1 amide bonds. The molecule has 4 rings (SSSR count). The molecule has 0 saturated carbocycles. The van der Waals surface area contributed by atoms with E-state index in [9.17, 15) is 13.2 Å². The normalized spacial score (nSPS) is 16.6. The molecule has 0 aliphatic carbocycles. The van der Waals surface area contributed by atoms with E-state index in [0.717, 1.165) is 29.7 Å². The van der Waals surface area contributed by atoms with Gasteiger partial charge in [-0.05, 0) is 56.2 Å². The van der Waals surface area contributed by atoms with E-state index in [0.29, 0.717) is 25.3 Å². The summed E-state index contributed by atoms with van der Waals surface area (Å²) in [6, 6.07) is 13.8. The quantitative estimate of drug-likeness (QED) is 0.557. The molecule has 0 radical (unpaired) electrons. The van der Waals surface area contributed by atoms with E-state index in [2.05, 4.69) is 19.6 Å². The van der Waals surface area contributed by atoms with Crippen LogP contribution >= 0.6 is 0 Å². The second kappa shape index (κ2) is 9.17. The number of hydrogen-bond donors (Lipinski definition) is 2. The van der Waals surface area contributed by atoms with Gasteiger partial charge in [-0.2, -0.15) is 0 Å². The molecule has 0 spiro atoms. The Bertz CT molecular complexity index is 1170. The molecular weight excluding hydrogens is 416 g/mol. The van der Waals surface area contributed by atoms with E-state index in [1.165, 1.54) is 24.3 Å². The highest BCUT2D eigenvalue weighted by Crippen LogP contribution is 2.16. The Morgan fingerprint density at radius 1 is 1.19 bits per heavy atom. The van der Waals surface area contributed by atoms with Crippen molar-refractivity contribution >= 4 is 27.0 Å². The second-order valence-electron chi connectivity index (χ2n) is 7.57. The summed E-state index contributed by atoms with van der Waals surface area (Å²) in [4.78, 5) is 17.1. The van der Waals surface area contributed by atoms with Crippen LogP contribution in [0, 0.1) is 6.92 Å². The van der Waals surface area contributed by atoms with E-state index in [-0.39, 0.29) is 23.5 Å². The maximum atomic E-state index is 12.5. The van der Waals surface area contributed by atoms with Gasteiger partial charge in [0.1, 0.15) is 5.82 Å². The van der Waals surface area contributed by atoms with Crippen molar-refractivity contribution in [2.24, 2.45) is 0 Å². The summed E-state index contributed by atoms with van der Waals surface area (Å²) in [5.41, 5.74) is 2.36. The third kappa shape index (κ3) is 4.95. The Balaban J connectivity index is 1.33. The fourth-order valence-electron chi connectivity index (χ4n) is 3.74. The number of nitrogens with zero attached hydrogens (tertiary/aromatic N) is 2. The second-order valence-corrected chi connectivity index (χ2v) is 9.33. The van der Waals surface area contributed by atoms with E-state index >= 15 is 0 Å². The van der Waals surface area contributed by atoms with E-state index in [1.807, 2.05) is 31.2 Å². The van der Waals surface area contributed by atoms with Gasteiger partial charge in [0.2, 0.25) is 10.0 Å². The number of ether oxygens (including phenoxy) is 1. The number of fused-ring (bicyclic) bond motifs is 1. The predicted molar refractivity (Wildman–Crippen MR) is 117 cm³/mol. The molecule has 1 aromatic heterocycles. The number of amides is 1. The summed E-state index contributed by atoms with van der Waals surface area (Å²) in [6.45, 7) is 3.90. The van der Waals surface area contributed by atoms with Crippen molar-refractivity contribution in [1.82, 2.24) is 19.6 Å². The monoisotopic (exact) mass is 442 g/mol. The standard InChI is InChI=1S/C22H26N4O4S/c1-16-25-20-6-2-3-7-21(20)26(16)13-12-23-22(27)17-8-10-19(11-9-17)31(28,29)24-15-18-5-4-14-30-18/h2-3,6-11,18,24H,4-5,12-15H2,1H3,(H,23,27)/t18-/m0/s1. The Hall–Kier alpha value is -2.75. The molecule has 2 N–H and O–H groups in total. The molecule has 1 aliphatic heterocycles. The zero-order valence-corrected chi connectivity index (χ0v) is 18.2. The molecule has 3 aromatic rings. The van der Waals surface area contributed by atoms with Gasteiger partial charge in [-0.3, -0.25) is 4.79 Å². The first kappa shape index (κ1) is 21.5. The number of carbonyl (C=O) groups is 1. The molecule has 1 atom stereocenters. The number of sulfonamides is 1. The Kier molecular flexibility index (Phi) is 6.35. The van der Waals surface area contributed by atoms with Crippen molar-refractivity contribution < 1.29 is 17.9 Å². The number of para-hydroxylation sites is 2. The lowest BCUT2D eigenvalue weighted by atomic mass is 10.2. The Morgan fingerprint density at radius 2 is 1.97 bits per heavy atom. The molecule has 1 saturated heterocycles. The smallest absolute Gasteiger partial charge is 0.251 e. The van der Waals surface area contributed by atoms with Crippen molar-refractivity contribution in [2.75, 3.05) is 19.7 Å². The van der Waals surface area contributed by atoms with Crippen LogP contribution < -0.4 is 10.0 Å². The highest BCUT2D eigenvalue weighted by Gasteiger charge is 2.20. The summed E-state index contributed by atoms with van der Waals surface area (Å²) < 4.78 is 35.0. The zero-order valence-electron chi connectivity index (χ0n) is 17.4. The minimum absolute atomic E-state index is 0.0731. The largest absolute Gasteiger partial charge is 0.377 e. The van der Waals surface area contributed by atoms with Crippen molar-refractivity contribution in [3.8, 4) is 0 Å². The number of rotatable bonds is 8. The number of aromatic nitrogens is 2. The molecule has 0 bridgehead atoms. The van der Waals surface area contributed by atoms with Crippen molar-refractivity contribution in [3.63, 3.8) is 0 Å². The first-order valence-corrected chi connectivity index (χ1v) is 11.8. The number of hydrogen-bond acceptors (Lipinski definition) is 5. The lowest BCUT2D eigenvalue weighted by Gasteiger charge is -2.12. The minimum Gasteiger partial charge on any atom is -0.377 e. The van der Waals surface area contributed by atoms with Gasteiger partial charge in [-0.25, -0.2) is 18.1 Å².